The quantitative estimate of drug-likeness (QED) is 0.828. The number of amides is 1. The van der Waals surface area contributed by atoms with E-state index in [-0.39, 0.29) is 11.2 Å². The Balaban J connectivity index is 1.68. The van der Waals surface area contributed by atoms with E-state index in [1.165, 1.54) is 21.6 Å². The Hall–Kier alpha value is -1.94. The Morgan fingerprint density at radius 3 is 2.88 bits per heavy atom. The molecule has 0 radical (unpaired) electrons. The standard InChI is InChI=1S/C20H21NO2S/c1-13-9-10-16(23-2)19-15(13)7-5-11-21(19)20(22)18-12-14-6-3-4-8-17(14)24-18/h3-4,6,8-10,18H,5,7,11-12H2,1-2H3. The van der Waals surface area contributed by atoms with Gasteiger partial charge in [0, 0.05) is 11.4 Å². The fourth-order valence-corrected chi connectivity index (χ4v) is 4.99. The van der Waals surface area contributed by atoms with Crippen LogP contribution in [0.4, 0.5) is 5.69 Å². The topological polar surface area (TPSA) is 29.5 Å². The number of carbonyl (C=O) groups is 1. The van der Waals surface area contributed by atoms with Gasteiger partial charge in [0.1, 0.15) is 5.75 Å². The summed E-state index contributed by atoms with van der Waals surface area (Å²) in [7, 11) is 1.68. The van der Waals surface area contributed by atoms with Gasteiger partial charge in [0.15, 0.2) is 0 Å². The van der Waals surface area contributed by atoms with Crippen molar-refractivity contribution in [1.29, 1.82) is 0 Å². The maximum atomic E-state index is 13.3. The first-order valence-corrected chi connectivity index (χ1v) is 9.29. The van der Waals surface area contributed by atoms with Crippen molar-refractivity contribution in [3.63, 3.8) is 0 Å². The zero-order chi connectivity index (χ0) is 16.7. The summed E-state index contributed by atoms with van der Waals surface area (Å²) >= 11 is 1.70. The zero-order valence-electron chi connectivity index (χ0n) is 14.0. The molecule has 2 heterocycles. The third-order valence-electron chi connectivity index (χ3n) is 4.97. The summed E-state index contributed by atoms with van der Waals surface area (Å²) in [4.78, 5) is 16.5. The fraction of sp³-hybridized carbons (Fsp3) is 0.350. The Kier molecular flexibility index (Phi) is 4.01. The zero-order valence-corrected chi connectivity index (χ0v) is 14.9. The number of benzene rings is 2. The highest BCUT2D eigenvalue weighted by Gasteiger charge is 2.35. The second-order valence-corrected chi connectivity index (χ2v) is 7.67. The number of aryl methyl sites for hydroxylation is 1. The molecular formula is C20H21NO2S. The summed E-state index contributed by atoms with van der Waals surface area (Å²) < 4.78 is 5.57. The maximum Gasteiger partial charge on any atom is 0.240 e. The molecule has 124 valence electrons. The first kappa shape index (κ1) is 15.6. The second-order valence-electron chi connectivity index (χ2n) is 6.42. The van der Waals surface area contributed by atoms with Crippen LogP contribution in [0, 0.1) is 6.92 Å². The Morgan fingerprint density at radius 2 is 2.08 bits per heavy atom. The van der Waals surface area contributed by atoms with E-state index in [1.807, 2.05) is 17.0 Å². The molecule has 2 aliphatic heterocycles. The van der Waals surface area contributed by atoms with Gasteiger partial charge in [-0.3, -0.25) is 4.79 Å². The lowest BCUT2D eigenvalue weighted by Gasteiger charge is -2.33. The van der Waals surface area contributed by atoms with Crippen LogP contribution in [0.2, 0.25) is 0 Å². The minimum absolute atomic E-state index is 0.0291. The van der Waals surface area contributed by atoms with Gasteiger partial charge < -0.3 is 9.64 Å². The van der Waals surface area contributed by atoms with Gasteiger partial charge in [0.05, 0.1) is 18.0 Å². The molecule has 0 N–H and O–H groups in total. The molecule has 0 fully saturated rings. The van der Waals surface area contributed by atoms with E-state index in [2.05, 4.69) is 31.2 Å². The summed E-state index contributed by atoms with van der Waals surface area (Å²) in [6.07, 6.45) is 2.84. The molecule has 1 atom stereocenters. The molecule has 2 aromatic carbocycles. The minimum Gasteiger partial charge on any atom is -0.495 e. The van der Waals surface area contributed by atoms with Crippen LogP contribution in [0.1, 0.15) is 23.1 Å². The monoisotopic (exact) mass is 339 g/mol. The molecule has 0 saturated heterocycles. The second kappa shape index (κ2) is 6.17. The SMILES string of the molecule is COc1ccc(C)c2c1N(C(=O)C1Cc3ccccc3S1)CCC2. The van der Waals surface area contributed by atoms with Crippen LogP contribution in [-0.2, 0) is 17.6 Å². The first-order chi connectivity index (χ1) is 11.7. The fourth-order valence-electron chi connectivity index (χ4n) is 3.73. The van der Waals surface area contributed by atoms with Crippen molar-refractivity contribution in [3.05, 3.63) is 53.1 Å². The van der Waals surface area contributed by atoms with Gasteiger partial charge in [-0.2, -0.15) is 0 Å². The Bertz CT molecular complexity index is 777. The van der Waals surface area contributed by atoms with Gasteiger partial charge in [-0.15, -0.1) is 11.8 Å². The number of anilines is 1. The third-order valence-corrected chi connectivity index (χ3v) is 6.27. The molecule has 0 bridgehead atoms. The molecule has 2 aliphatic rings. The van der Waals surface area contributed by atoms with Crippen molar-refractivity contribution in [2.24, 2.45) is 0 Å². The van der Waals surface area contributed by atoms with E-state index in [9.17, 15) is 4.79 Å². The van der Waals surface area contributed by atoms with E-state index in [0.29, 0.717) is 0 Å². The number of thioether (sulfide) groups is 1. The van der Waals surface area contributed by atoms with E-state index in [1.54, 1.807) is 18.9 Å². The highest BCUT2D eigenvalue weighted by atomic mass is 32.2. The predicted molar refractivity (Wildman–Crippen MR) is 98.2 cm³/mol. The van der Waals surface area contributed by atoms with Gasteiger partial charge in [0.2, 0.25) is 5.91 Å². The number of methoxy groups -OCH3 is 1. The molecular weight excluding hydrogens is 318 g/mol. The van der Waals surface area contributed by atoms with Crippen molar-refractivity contribution < 1.29 is 9.53 Å². The average molecular weight is 339 g/mol. The number of fused-ring (bicyclic) bond motifs is 2. The van der Waals surface area contributed by atoms with Crippen LogP contribution in [0.15, 0.2) is 41.3 Å². The van der Waals surface area contributed by atoms with Gasteiger partial charge in [-0.05, 0) is 55.0 Å². The van der Waals surface area contributed by atoms with Crippen LogP contribution in [0.25, 0.3) is 0 Å². The molecule has 0 spiro atoms. The summed E-state index contributed by atoms with van der Waals surface area (Å²) in [5.41, 5.74) is 4.78. The normalized spacial score (nSPS) is 18.9. The lowest BCUT2D eigenvalue weighted by Crippen LogP contribution is -2.41. The number of carbonyl (C=O) groups excluding carboxylic acids is 1. The number of hydrogen-bond acceptors (Lipinski definition) is 3. The predicted octanol–water partition coefficient (Wildman–Crippen LogP) is 4.00. The van der Waals surface area contributed by atoms with Crippen LogP contribution < -0.4 is 9.64 Å². The number of ether oxygens (including phenoxy) is 1. The highest BCUT2D eigenvalue weighted by Crippen LogP contribution is 2.42. The molecule has 0 saturated carbocycles. The van der Waals surface area contributed by atoms with Gasteiger partial charge >= 0.3 is 0 Å². The van der Waals surface area contributed by atoms with Crippen LogP contribution in [-0.4, -0.2) is 24.8 Å². The molecule has 0 aliphatic carbocycles. The number of rotatable bonds is 2. The molecule has 1 amide bonds. The van der Waals surface area contributed by atoms with Crippen LogP contribution in [0.3, 0.4) is 0 Å². The van der Waals surface area contributed by atoms with Crippen molar-refractivity contribution >= 4 is 23.4 Å². The third kappa shape index (κ3) is 2.49. The Labute approximate surface area is 147 Å². The summed E-state index contributed by atoms with van der Waals surface area (Å²) in [5.74, 6) is 1.02. The first-order valence-electron chi connectivity index (χ1n) is 8.41. The molecule has 24 heavy (non-hydrogen) atoms. The van der Waals surface area contributed by atoms with E-state index >= 15 is 0 Å². The highest BCUT2D eigenvalue weighted by molar-refractivity contribution is 8.01. The largest absolute Gasteiger partial charge is 0.495 e. The molecule has 2 aromatic rings. The molecule has 0 aromatic heterocycles. The number of nitrogens with zero attached hydrogens (tertiary/aromatic N) is 1. The van der Waals surface area contributed by atoms with Gasteiger partial charge in [-0.1, -0.05) is 24.3 Å². The molecule has 4 heteroatoms. The molecule has 1 unspecified atom stereocenters. The van der Waals surface area contributed by atoms with Gasteiger partial charge in [-0.25, -0.2) is 0 Å². The molecule has 3 nitrogen and oxygen atoms in total. The molecule has 4 rings (SSSR count). The Morgan fingerprint density at radius 1 is 1.25 bits per heavy atom. The van der Waals surface area contributed by atoms with Crippen molar-refractivity contribution in [2.75, 3.05) is 18.6 Å². The minimum atomic E-state index is -0.0291. The van der Waals surface area contributed by atoms with Gasteiger partial charge in [0.25, 0.3) is 0 Å². The van der Waals surface area contributed by atoms with Crippen molar-refractivity contribution in [1.82, 2.24) is 0 Å². The van der Waals surface area contributed by atoms with Crippen molar-refractivity contribution in [2.45, 2.75) is 36.3 Å². The lowest BCUT2D eigenvalue weighted by atomic mass is 9.95. The smallest absolute Gasteiger partial charge is 0.240 e. The van der Waals surface area contributed by atoms with Crippen LogP contribution >= 0.6 is 11.8 Å². The maximum absolute atomic E-state index is 13.3. The lowest BCUT2D eigenvalue weighted by molar-refractivity contribution is -0.118. The summed E-state index contributed by atoms with van der Waals surface area (Å²) in [6.45, 7) is 2.89. The van der Waals surface area contributed by atoms with Crippen molar-refractivity contribution in [3.8, 4) is 5.75 Å². The summed E-state index contributed by atoms with van der Waals surface area (Å²) in [6, 6.07) is 12.4. The average Bonchev–Trinajstić information content (AvgIpc) is 3.05. The summed E-state index contributed by atoms with van der Waals surface area (Å²) in [5, 5.41) is -0.0291. The van der Waals surface area contributed by atoms with E-state index in [4.69, 9.17) is 4.74 Å². The number of hydrogen-bond donors (Lipinski definition) is 0. The van der Waals surface area contributed by atoms with E-state index in [0.717, 1.165) is 37.2 Å². The van der Waals surface area contributed by atoms with Crippen LogP contribution in [0.5, 0.6) is 5.75 Å². The van der Waals surface area contributed by atoms with E-state index < -0.39 is 0 Å².